The molecular weight excluding hydrogens is 349 g/mol. The van der Waals surface area contributed by atoms with Gasteiger partial charge in [0.15, 0.2) is 0 Å². The number of amides is 2. The largest absolute Gasteiger partial charge is 0.497 e. The molecule has 0 unspecified atom stereocenters. The zero-order valence-electron chi connectivity index (χ0n) is 14.4. The molecule has 6 nitrogen and oxygen atoms in total. The minimum atomic E-state index is -0.563. The van der Waals surface area contributed by atoms with E-state index >= 15 is 0 Å². The van der Waals surface area contributed by atoms with Crippen molar-refractivity contribution in [1.82, 2.24) is 4.98 Å². The van der Waals surface area contributed by atoms with Gasteiger partial charge in [0.1, 0.15) is 11.6 Å². The van der Waals surface area contributed by atoms with Gasteiger partial charge in [0.05, 0.1) is 23.9 Å². The van der Waals surface area contributed by atoms with Crippen molar-refractivity contribution in [2.45, 2.75) is 0 Å². The Kier molecular flexibility index (Phi) is 5.41. The van der Waals surface area contributed by atoms with Crippen molar-refractivity contribution in [3.8, 4) is 5.75 Å². The van der Waals surface area contributed by atoms with E-state index in [9.17, 15) is 14.0 Å². The SMILES string of the molecule is COc1ccc(NC(=O)c2cncc(C(=O)Nc3ccccc3F)c2)cc1. The fourth-order valence-electron chi connectivity index (χ4n) is 2.32. The van der Waals surface area contributed by atoms with Crippen LogP contribution < -0.4 is 15.4 Å². The second-order valence-corrected chi connectivity index (χ2v) is 5.58. The Morgan fingerprint density at radius 2 is 1.56 bits per heavy atom. The number of nitrogens with zero attached hydrogens (tertiary/aromatic N) is 1. The molecule has 1 heterocycles. The number of rotatable bonds is 5. The van der Waals surface area contributed by atoms with Crippen LogP contribution in [0.15, 0.2) is 67.0 Å². The zero-order valence-corrected chi connectivity index (χ0v) is 14.4. The first kappa shape index (κ1) is 18.1. The predicted octanol–water partition coefficient (Wildman–Crippen LogP) is 3.73. The summed E-state index contributed by atoms with van der Waals surface area (Å²) in [5.74, 6) is -0.867. The number of carbonyl (C=O) groups is 2. The van der Waals surface area contributed by atoms with Gasteiger partial charge in [-0.15, -0.1) is 0 Å². The van der Waals surface area contributed by atoms with Crippen LogP contribution in [0.25, 0.3) is 0 Å². The molecule has 0 atom stereocenters. The summed E-state index contributed by atoms with van der Waals surface area (Å²) in [6.45, 7) is 0. The molecule has 0 aliphatic carbocycles. The maximum atomic E-state index is 13.7. The van der Waals surface area contributed by atoms with Crippen molar-refractivity contribution in [2.75, 3.05) is 17.7 Å². The molecule has 0 spiro atoms. The maximum Gasteiger partial charge on any atom is 0.257 e. The molecule has 0 radical (unpaired) electrons. The zero-order chi connectivity index (χ0) is 19.2. The lowest BCUT2D eigenvalue weighted by Crippen LogP contribution is -2.16. The normalized spacial score (nSPS) is 10.1. The predicted molar refractivity (Wildman–Crippen MR) is 99.5 cm³/mol. The van der Waals surface area contributed by atoms with Crippen LogP contribution in [-0.4, -0.2) is 23.9 Å². The summed E-state index contributed by atoms with van der Waals surface area (Å²) in [5.41, 5.74) is 0.963. The summed E-state index contributed by atoms with van der Waals surface area (Å²) in [6, 6.07) is 14.0. The molecule has 0 bridgehead atoms. The summed E-state index contributed by atoms with van der Waals surface area (Å²) in [5, 5.41) is 5.16. The van der Waals surface area contributed by atoms with Crippen molar-refractivity contribution in [2.24, 2.45) is 0 Å². The van der Waals surface area contributed by atoms with Crippen molar-refractivity contribution in [3.63, 3.8) is 0 Å². The highest BCUT2D eigenvalue weighted by Crippen LogP contribution is 2.17. The summed E-state index contributed by atoms with van der Waals surface area (Å²) in [4.78, 5) is 28.6. The standard InChI is InChI=1S/C20H16FN3O3/c1-27-16-8-6-15(7-9-16)23-19(25)13-10-14(12-22-11-13)20(26)24-18-5-3-2-4-17(18)21/h2-12H,1H3,(H,23,25)(H,24,26). The smallest absolute Gasteiger partial charge is 0.257 e. The van der Waals surface area contributed by atoms with Gasteiger partial charge in [0.2, 0.25) is 0 Å². The third kappa shape index (κ3) is 4.46. The summed E-state index contributed by atoms with van der Waals surface area (Å²) in [6.07, 6.45) is 2.65. The molecule has 0 aliphatic heterocycles. The molecular formula is C20H16FN3O3. The Morgan fingerprint density at radius 3 is 2.19 bits per heavy atom. The number of methoxy groups -OCH3 is 1. The second-order valence-electron chi connectivity index (χ2n) is 5.58. The Bertz CT molecular complexity index is 974. The van der Waals surface area contributed by atoms with Crippen LogP contribution in [0.1, 0.15) is 20.7 Å². The first-order valence-electron chi connectivity index (χ1n) is 8.03. The van der Waals surface area contributed by atoms with Crippen molar-refractivity contribution in [1.29, 1.82) is 0 Å². The first-order chi connectivity index (χ1) is 13.1. The van der Waals surface area contributed by atoms with Crippen molar-refractivity contribution in [3.05, 3.63) is 83.9 Å². The summed E-state index contributed by atoms with van der Waals surface area (Å²) >= 11 is 0. The van der Waals surface area contributed by atoms with Crippen LogP contribution in [0, 0.1) is 5.82 Å². The van der Waals surface area contributed by atoms with Crippen LogP contribution in [0.5, 0.6) is 5.75 Å². The fourth-order valence-corrected chi connectivity index (χ4v) is 2.32. The van der Waals surface area contributed by atoms with Crippen molar-refractivity contribution >= 4 is 23.2 Å². The van der Waals surface area contributed by atoms with Gasteiger partial charge in [-0.2, -0.15) is 0 Å². The van der Waals surface area contributed by atoms with E-state index in [4.69, 9.17) is 4.74 Å². The lowest BCUT2D eigenvalue weighted by Gasteiger charge is -2.08. The first-order valence-corrected chi connectivity index (χ1v) is 8.03. The molecule has 3 aromatic rings. The lowest BCUT2D eigenvalue weighted by atomic mass is 10.1. The molecule has 0 saturated heterocycles. The minimum absolute atomic E-state index is 0.0515. The van der Waals surface area contributed by atoms with E-state index in [1.807, 2.05) is 0 Å². The third-order valence-corrected chi connectivity index (χ3v) is 3.73. The molecule has 0 fully saturated rings. The van der Waals surface area contributed by atoms with Crippen LogP contribution >= 0.6 is 0 Å². The van der Waals surface area contributed by atoms with E-state index in [1.165, 1.54) is 36.7 Å². The fraction of sp³-hybridized carbons (Fsp3) is 0.0500. The number of carbonyl (C=O) groups excluding carboxylic acids is 2. The molecule has 27 heavy (non-hydrogen) atoms. The van der Waals surface area contributed by atoms with E-state index in [1.54, 1.807) is 37.4 Å². The molecule has 0 aliphatic rings. The molecule has 7 heteroatoms. The van der Waals surface area contributed by atoms with Gasteiger partial charge in [-0.1, -0.05) is 12.1 Å². The number of nitrogens with one attached hydrogen (secondary N) is 2. The topological polar surface area (TPSA) is 80.3 Å². The molecule has 1 aromatic heterocycles. The van der Waals surface area contributed by atoms with E-state index in [0.717, 1.165) is 0 Å². The number of ether oxygens (including phenoxy) is 1. The van der Waals surface area contributed by atoms with Crippen LogP contribution in [0.2, 0.25) is 0 Å². The van der Waals surface area contributed by atoms with E-state index in [2.05, 4.69) is 15.6 Å². The maximum absolute atomic E-state index is 13.7. The van der Waals surface area contributed by atoms with Crippen LogP contribution in [-0.2, 0) is 0 Å². The number of pyridine rings is 1. The van der Waals surface area contributed by atoms with Crippen molar-refractivity contribution < 1.29 is 18.7 Å². The number of benzene rings is 2. The Hall–Kier alpha value is -3.74. The number of anilines is 2. The average molecular weight is 365 g/mol. The van der Waals surface area contributed by atoms with E-state index in [-0.39, 0.29) is 16.8 Å². The highest BCUT2D eigenvalue weighted by atomic mass is 19.1. The van der Waals surface area contributed by atoms with E-state index < -0.39 is 17.6 Å². The van der Waals surface area contributed by atoms with Gasteiger partial charge in [-0.3, -0.25) is 14.6 Å². The molecule has 3 rings (SSSR count). The summed E-state index contributed by atoms with van der Waals surface area (Å²) < 4.78 is 18.7. The quantitative estimate of drug-likeness (QED) is 0.722. The number of aromatic nitrogens is 1. The van der Waals surface area contributed by atoms with Gasteiger partial charge < -0.3 is 15.4 Å². The molecule has 0 saturated carbocycles. The van der Waals surface area contributed by atoms with Crippen LogP contribution in [0.3, 0.4) is 0 Å². The van der Waals surface area contributed by atoms with Crippen LogP contribution in [0.4, 0.5) is 15.8 Å². The Morgan fingerprint density at radius 1 is 0.926 bits per heavy atom. The molecule has 2 aromatic carbocycles. The highest BCUT2D eigenvalue weighted by molar-refractivity contribution is 6.08. The van der Waals surface area contributed by atoms with Gasteiger partial charge in [0.25, 0.3) is 11.8 Å². The van der Waals surface area contributed by atoms with Gasteiger partial charge in [0, 0.05) is 18.1 Å². The number of para-hydroxylation sites is 1. The number of halogens is 1. The van der Waals surface area contributed by atoms with Gasteiger partial charge in [-0.25, -0.2) is 4.39 Å². The summed E-state index contributed by atoms with van der Waals surface area (Å²) in [7, 11) is 1.55. The molecule has 2 N–H and O–H groups in total. The Balaban J connectivity index is 1.73. The second kappa shape index (κ2) is 8.09. The number of hydrogen-bond acceptors (Lipinski definition) is 4. The highest BCUT2D eigenvalue weighted by Gasteiger charge is 2.13. The third-order valence-electron chi connectivity index (χ3n) is 3.73. The minimum Gasteiger partial charge on any atom is -0.497 e. The molecule has 2 amide bonds. The monoisotopic (exact) mass is 365 g/mol. The van der Waals surface area contributed by atoms with Gasteiger partial charge in [-0.05, 0) is 42.5 Å². The number of hydrogen-bond donors (Lipinski definition) is 2. The lowest BCUT2D eigenvalue weighted by molar-refractivity contribution is 0.102. The van der Waals surface area contributed by atoms with E-state index in [0.29, 0.717) is 11.4 Å². The Labute approximate surface area is 155 Å². The van der Waals surface area contributed by atoms with Gasteiger partial charge >= 0.3 is 0 Å². The average Bonchev–Trinajstić information content (AvgIpc) is 2.70. The molecule has 136 valence electrons.